The number of hydrogen-bond acceptors (Lipinski definition) is 8. The van der Waals surface area contributed by atoms with Gasteiger partial charge in [-0.25, -0.2) is 19.6 Å². The van der Waals surface area contributed by atoms with Crippen molar-refractivity contribution in [3.8, 4) is 10.0 Å². The van der Waals surface area contributed by atoms with E-state index in [0.29, 0.717) is 21.4 Å². The van der Waals surface area contributed by atoms with Crippen LogP contribution in [0.3, 0.4) is 0 Å². The maximum Gasteiger partial charge on any atom is 0.337 e. The number of anilines is 2. The molecule has 0 aliphatic rings. The third-order valence-electron chi connectivity index (χ3n) is 5.65. The molecule has 0 saturated heterocycles. The number of aromatic nitrogens is 2. The molecule has 0 fully saturated rings. The molecule has 194 valence electrons. The van der Waals surface area contributed by atoms with Crippen molar-refractivity contribution in [2.45, 2.75) is 0 Å². The van der Waals surface area contributed by atoms with Crippen LogP contribution < -0.4 is 9.80 Å². The summed E-state index contributed by atoms with van der Waals surface area (Å²) >= 11 is 2.52. The van der Waals surface area contributed by atoms with Crippen LogP contribution in [0, 0.1) is 0 Å². The minimum Gasteiger partial charge on any atom is -0.478 e. The smallest absolute Gasteiger partial charge is 0.337 e. The molecule has 0 amide bonds. The highest BCUT2D eigenvalue weighted by atomic mass is 32.1. The standard InChI is InChI=1S/C28H26N4O4S2/c1-31(2)19-9-5-17(6-10-19)13-21(27(33)34)23-15-37-25(29-23)26-30-24(16-38-26)22(28(35)36)14-18-7-11-20(12-8-18)32(3)4/h5-16H,1-4H3,(H,33,34)(H,35,36)/b21-13+,22-14+. The summed E-state index contributed by atoms with van der Waals surface area (Å²) in [6, 6.07) is 15.1. The van der Waals surface area contributed by atoms with Crippen molar-refractivity contribution in [1.82, 2.24) is 9.97 Å². The number of rotatable bonds is 9. The Balaban J connectivity index is 1.61. The van der Waals surface area contributed by atoms with E-state index in [0.717, 1.165) is 22.5 Å². The molecule has 4 aromatic rings. The Kier molecular flexibility index (Phi) is 8.04. The normalized spacial score (nSPS) is 11.9. The van der Waals surface area contributed by atoms with Crippen LogP contribution in [0.1, 0.15) is 22.5 Å². The van der Waals surface area contributed by atoms with E-state index in [1.165, 1.54) is 22.7 Å². The molecule has 0 saturated carbocycles. The van der Waals surface area contributed by atoms with Crippen LogP contribution in [0.5, 0.6) is 0 Å². The molecule has 2 aromatic heterocycles. The van der Waals surface area contributed by atoms with Crippen LogP contribution in [-0.2, 0) is 9.59 Å². The van der Waals surface area contributed by atoms with E-state index in [4.69, 9.17) is 0 Å². The summed E-state index contributed by atoms with van der Waals surface area (Å²) in [6.07, 6.45) is 3.17. The van der Waals surface area contributed by atoms with Gasteiger partial charge in [0.15, 0.2) is 10.0 Å². The molecule has 0 atom stereocenters. The first-order valence-corrected chi connectivity index (χ1v) is 13.2. The molecule has 0 aliphatic heterocycles. The van der Waals surface area contributed by atoms with Gasteiger partial charge in [0.1, 0.15) is 0 Å². The summed E-state index contributed by atoms with van der Waals surface area (Å²) in [6.45, 7) is 0. The summed E-state index contributed by atoms with van der Waals surface area (Å²) in [5.74, 6) is -2.18. The van der Waals surface area contributed by atoms with Crippen molar-refractivity contribution in [3.05, 3.63) is 81.8 Å². The van der Waals surface area contributed by atoms with Crippen molar-refractivity contribution >= 4 is 69.3 Å². The highest BCUT2D eigenvalue weighted by Crippen LogP contribution is 2.32. The SMILES string of the molecule is CN(C)c1ccc(/C=C(/C(=O)O)c2csc(-c3nc(/C(=C\c4ccc(N(C)C)cc4)C(=O)O)cs3)n2)cc1. The molecule has 4 rings (SSSR count). The molecule has 8 nitrogen and oxygen atoms in total. The molecule has 0 radical (unpaired) electrons. The third-order valence-corrected chi connectivity index (χ3v) is 7.47. The lowest BCUT2D eigenvalue weighted by atomic mass is 10.1. The van der Waals surface area contributed by atoms with Gasteiger partial charge in [-0.15, -0.1) is 22.7 Å². The Labute approximate surface area is 228 Å². The number of hydrogen-bond donors (Lipinski definition) is 2. The van der Waals surface area contributed by atoms with Crippen molar-refractivity contribution in [2.75, 3.05) is 38.0 Å². The van der Waals surface area contributed by atoms with Gasteiger partial charge in [-0.1, -0.05) is 24.3 Å². The maximum absolute atomic E-state index is 12.0. The summed E-state index contributed by atoms with van der Waals surface area (Å²) < 4.78 is 0. The van der Waals surface area contributed by atoms with Gasteiger partial charge in [0, 0.05) is 50.3 Å². The molecule has 10 heteroatoms. The molecule has 2 aromatic carbocycles. The molecule has 2 N–H and O–H groups in total. The number of carbonyl (C=O) groups is 2. The molecular formula is C28H26N4O4S2. The average molecular weight is 547 g/mol. The Morgan fingerprint density at radius 3 is 1.29 bits per heavy atom. The fourth-order valence-corrected chi connectivity index (χ4v) is 5.24. The minimum atomic E-state index is -1.09. The van der Waals surface area contributed by atoms with Crippen molar-refractivity contribution in [2.24, 2.45) is 0 Å². The highest BCUT2D eigenvalue weighted by molar-refractivity contribution is 7.19. The predicted octanol–water partition coefficient (Wildman–Crippen LogP) is 5.65. The van der Waals surface area contributed by atoms with Crippen molar-refractivity contribution in [1.29, 1.82) is 0 Å². The second kappa shape index (κ2) is 11.4. The highest BCUT2D eigenvalue weighted by Gasteiger charge is 2.19. The van der Waals surface area contributed by atoms with E-state index in [1.807, 2.05) is 86.5 Å². The van der Waals surface area contributed by atoms with Crippen LogP contribution >= 0.6 is 22.7 Å². The zero-order valence-corrected chi connectivity index (χ0v) is 22.9. The topological polar surface area (TPSA) is 107 Å². The van der Waals surface area contributed by atoms with Crippen LogP contribution in [-0.4, -0.2) is 60.3 Å². The van der Waals surface area contributed by atoms with Gasteiger partial charge in [-0.3, -0.25) is 0 Å². The number of benzene rings is 2. The van der Waals surface area contributed by atoms with Gasteiger partial charge in [-0.05, 0) is 47.5 Å². The van der Waals surface area contributed by atoms with Crippen LogP contribution in [0.4, 0.5) is 11.4 Å². The Hall–Kier alpha value is -4.28. The van der Waals surface area contributed by atoms with Gasteiger partial charge in [-0.2, -0.15) is 0 Å². The van der Waals surface area contributed by atoms with Gasteiger partial charge in [0.25, 0.3) is 0 Å². The van der Waals surface area contributed by atoms with E-state index in [1.54, 1.807) is 22.9 Å². The Bertz CT molecular complexity index is 1400. The zero-order chi connectivity index (χ0) is 27.4. The maximum atomic E-state index is 12.0. The predicted molar refractivity (Wildman–Crippen MR) is 156 cm³/mol. The van der Waals surface area contributed by atoms with Crippen molar-refractivity contribution < 1.29 is 19.8 Å². The lowest BCUT2D eigenvalue weighted by Crippen LogP contribution is -2.08. The summed E-state index contributed by atoms with van der Waals surface area (Å²) in [4.78, 5) is 37.0. The fourth-order valence-electron chi connectivity index (χ4n) is 3.55. The monoisotopic (exact) mass is 546 g/mol. The second-order valence-electron chi connectivity index (χ2n) is 8.77. The van der Waals surface area contributed by atoms with Gasteiger partial charge in [0.05, 0.1) is 22.5 Å². The third kappa shape index (κ3) is 6.16. The molecule has 38 heavy (non-hydrogen) atoms. The van der Waals surface area contributed by atoms with Gasteiger partial charge in [0.2, 0.25) is 0 Å². The molecular weight excluding hydrogens is 520 g/mol. The number of aliphatic carboxylic acids is 2. The van der Waals surface area contributed by atoms with E-state index in [9.17, 15) is 19.8 Å². The average Bonchev–Trinajstić information content (AvgIpc) is 3.56. The second-order valence-corrected chi connectivity index (χ2v) is 10.5. The Morgan fingerprint density at radius 2 is 1.00 bits per heavy atom. The lowest BCUT2D eigenvalue weighted by Gasteiger charge is -2.12. The number of thiazole rings is 2. The lowest BCUT2D eigenvalue weighted by molar-refractivity contribution is -0.131. The van der Waals surface area contributed by atoms with Crippen molar-refractivity contribution in [3.63, 3.8) is 0 Å². The van der Waals surface area contributed by atoms with Crippen LogP contribution in [0.25, 0.3) is 33.3 Å². The molecule has 0 bridgehead atoms. The number of carboxylic acids is 2. The molecule has 2 heterocycles. The zero-order valence-electron chi connectivity index (χ0n) is 21.2. The first kappa shape index (κ1) is 26.8. The summed E-state index contributed by atoms with van der Waals surface area (Å²) in [5, 5.41) is 24.1. The number of carboxylic acid groups (broad SMARTS) is 2. The minimum absolute atomic E-state index is 0.0641. The van der Waals surface area contributed by atoms with E-state index in [2.05, 4.69) is 9.97 Å². The first-order chi connectivity index (χ1) is 18.1. The largest absolute Gasteiger partial charge is 0.478 e. The number of nitrogens with zero attached hydrogens (tertiary/aromatic N) is 4. The summed E-state index contributed by atoms with van der Waals surface area (Å²) in [5.41, 5.74) is 4.28. The first-order valence-electron chi connectivity index (χ1n) is 11.5. The molecule has 0 spiro atoms. The molecule has 0 unspecified atom stereocenters. The van der Waals surface area contributed by atoms with E-state index >= 15 is 0 Å². The van der Waals surface area contributed by atoms with Gasteiger partial charge >= 0.3 is 11.9 Å². The fraction of sp³-hybridized carbons (Fsp3) is 0.143. The quantitative estimate of drug-likeness (QED) is 0.260. The van der Waals surface area contributed by atoms with E-state index in [-0.39, 0.29) is 11.1 Å². The van der Waals surface area contributed by atoms with E-state index < -0.39 is 11.9 Å². The van der Waals surface area contributed by atoms with Crippen LogP contribution in [0.15, 0.2) is 59.3 Å². The van der Waals surface area contributed by atoms with Crippen LogP contribution in [0.2, 0.25) is 0 Å². The Morgan fingerprint density at radius 1 is 0.658 bits per heavy atom. The van der Waals surface area contributed by atoms with Gasteiger partial charge < -0.3 is 20.0 Å². The molecule has 0 aliphatic carbocycles. The summed E-state index contributed by atoms with van der Waals surface area (Å²) in [7, 11) is 7.75.